The zero-order valence-electron chi connectivity index (χ0n) is 15.4. The van der Waals surface area contributed by atoms with Crippen LogP contribution in [0.15, 0.2) is 29.3 Å². The van der Waals surface area contributed by atoms with E-state index in [1.807, 2.05) is 18.2 Å². The number of ether oxygens (including phenoxy) is 1. The summed E-state index contributed by atoms with van der Waals surface area (Å²) in [4.78, 5) is 6.50. The molecular formula is C18H32N4O. The minimum Gasteiger partial charge on any atom is -0.496 e. The first-order valence-corrected chi connectivity index (χ1v) is 8.09. The molecule has 0 saturated heterocycles. The Kier molecular flexibility index (Phi) is 7.89. The Bertz CT molecular complexity index is 498. The maximum absolute atomic E-state index is 5.38. The fourth-order valence-electron chi connectivity index (χ4n) is 2.68. The van der Waals surface area contributed by atoms with Crippen LogP contribution in [0.25, 0.3) is 0 Å². The van der Waals surface area contributed by atoms with Gasteiger partial charge in [0, 0.05) is 26.7 Å². The molecule has 130 valence electrons. The number of rotatable bonds is 8. The molecule has 1 aromatic carbocycles. The zero-order valence-corrected chi connectivity index (χ0v) is 15.4. The largest absolute Gasteiger partial charge is 0.496 e. The molecule has 0 fully saturated rings. The van der Waals surface area contributed by atoms with E-state index < -0.39 is 0 Å². The summed E-state index contributed by atoms with van der Waals surface area (Å²) < 4.78 is 5.38. The van der Waals surface area contributed by atoms with Crippen LogP contribution in [0.1, 0.15) is 19.4 Å². The van der Waals surface area contributed by atoms with Crippen LogP contribution in [0.5, 0.6) is 5.75 Å². The Labute approximate surface area is 141 Å². The molecule has 0 aliphatic heterocycles. The molecule has 0 aliphatic carbocycles. The summed E-state index contributed by atoms with van der Waals surface area (Å²) in [5.74, 6) is 1.77. The molecule has 0 heterocycles. The van der Waals surface area contributed by atoms with Crippen molar-refractivity contribution in [3.05, 3.63) is 29.8 Å². The van der Waals surface area contributed by atoms with Crippen molar-refractivity contribution in [2.24, 2.45) is 10.4 Å². The lowest BCUT2D eigenvalue weighted by molar-refractivity contribution is 0.241. The molecule has 0 aliphatic rings. The van der Waals surface area contributed by atoms with Gasteiger partial charge in [0.15, 0.2) is 5.96 Å². The Hall–Kier alpha value is -1.75. The number of benzene rings is 1. The number of hydrogen-bond acceptors (Lipinski definition) is 3. The summed E-state index contributed by atoms with van der Waals surface area (Å²) in [6, 6.07) is 8.11. The molecule has 0 spiro atoms. The van der Waals surface area contributed by atoms with Gasteiger partial charge in [-0.3, -0.25) is 4.99 Å². The summed E-state index contributed by atoms with van der Waals surface area (Å²) in [6.45, 7) is 7.22. The van der Waals surface area contributed by atoms with Crippen molar-refractivity contribution in [2.45, 2.75) is 20.3 Å². The molecule has 0 unspecified atom stereocenters. The van der Waals surface area contributed by atoms with E-state index in [0.29, 0.717) is 0 Å². The van der Waals surface area contributed by atoms with Crippen molar-refractivity contribution in [1.29, 1.82) is 0 Å². The molecule has 0 radical (unpaired) electrons. The smallest absolute Gasteiger partial charge is 0.191 e. The first kappa shape index (κ1) is 19.3. The van der Waals surface area contributed by atoms with E-state index >= 15 is 0 Å². The van der Waals surface area contributed by atoms with Crippen molar-refractivity contribution in [3.63, 3.8) is 0 Å². The van der Waals surface area contributed by atoms with Crippen LogP contribution < -0.4 is 15.4 Å². The summed E-state index contributed by atoms with van der Waals surface area (Å²) in [5.41, 5.74) is 1.38. The fourth-order valence-corrected chi connectivity index (χ4v) is 2.68. The Morgan fingerprint density at radius 2 is 1.91 bits per heavy atom. The van der Waals surface area contributed by atoms with Crippen LogP contribution in [0.3, 0.4) is 0 Å². The minimum atomic E-state index is 0.184. The third-order valence-corrected chi connectivity index (χ3v) is 3.58. The number of nitrogens with zero attached hydrogens (tertiary/aromatic N) is 2. The van der Waals surface area contributed by atoms with E-state index in [-0.39, 0.29) is 5.41 Å². The molecule has 0 amide bonds. The molecular weight excluding hydrogens is 288 g/mol. The summed E-state index contributed by atoms with van der Waals surface area (Å²) >= 11 is 0. The van der Waals surface area contributed by atoms with Gasteiger partial charge in [-0.25, -0.2) is 0 Å². The quantitative estimate of drug-likeness (QED) is 0.568. The third kappa shape index (κ3) is 7.37. The van der Waals surface area contributed by atoms with E-state index in [4.69, 9.17) is 4.74 Å². The van der Waals surface area contributed by atoms with Crippen LogP contribution in [0, 0.1) is 5.41 Å². The normalized spacial score (nSPS) is 12.4. The highest BCUT2D eigenvalue weighted by atomic mass is 16.5. The van der Waals surface area contributed by atoms with Gasteiger partial charge in [-0.05, 0) is 37.6 Å². The number of aliphatic imine (C=N–C) groups is 1. The maximum atomic E-state index is 5.38. The van der Waals surface area contributed by atoms with E-state index in [1.54, 1.807) is 14.2 Å². The summed E-state index contributed by atoms with van der Waals surface area (Å²) in [7, 11) is 7.71. The van der Waals surface area contributed by atoms with Crippen LogP contribution in [0.2, 0.25) is 0 Å². The average molecular weight is 320 g/mol. The second-order valence-electron chi connectivity index (χ2n) is 6.82. The highest BCUT2D eigenvalue weighted by Gasteiger charge is 2.19. The molecule has 1 rings (SSSR count). The van der Waals surface area contributed by atoms with Crippen molar-refractivity contribution >= 4 is 5.96 Å². The minimum absolute atomic E-state index is 0.184. The molecule has 0 aromatic heterocycles. The Balaban J connectivity index is 2.43. The predicted octanol–water partition coefficient (Wildman–Crippen LogP) is 1.99. The Morgan fingerprint density at radius 1 is 1.22 bits per heavy atom. The van der Waals surface area contributed by atoms with Gasteiger partial charge in [0.25, 0.3) is 0 Å². The van der Waals surface area contributed by atoms with Gasteiger partial charge in [0.05, 0.1) is 7.11 Å². The molecule has 0 bridgehead atoms. The van der Waals surface area contributed by atoms with Crippen molar-refractivity contribution in [1.82, 2.24) is 15.5 Å². The first-order valence-electron chi connectivity index (χ1n) is 8.09. The molecule has 0 atom stereocenters. The van der Waals surface area contributed by atoms with Crippen LogP contribution in [0.4, 0.5) is 0 Å². The molecule has 1 aromatic rings. The SMILES string of the molecule is CN=C(NCCc1ccccc1OC)NCC(C)(C)CN(C)C. The van der Waals surface area contributed by atoms with Gasteiger partial charge in [-0.2, -0.15) is 0 Å². The lowest BCUT2D eigenvalue weighted by Gasteiger charge is -2.29. The topological polar surface area (TPSA) is 48.9 Å². The number of methoxy groups -OCH3 is 1. The van der Waals surface area contributed by atoms with Crippen molar-refractivity contribution < 1.29 is 4.74 Å². The lowest BCUT2D eigenvalue weighted by Crippen LogP contribution is -2.45. The summed E-state index contributed by atoms with van der Waals surface area (Å²) in [6.07, 6.45) is 0.895. The van der Waals surface area contributed by atoms with E-state index in [2.05, 4.69) is 54.5 Å². The lowest BCUT2D eigenvalue weighted by atomic mass is 9.93. The second-order valence-corrected chi connectivity index (χ2v) is 6.82. The van der Waals surface area contributed by atoms with Gasteiger partial charge < -0.3 is 20.3 Å². The summed E-state index contributed by atoms with van der Waals surface area (Å²) in [5, 5.41) is 6.78. The monoisotopic (exact) mass is 320 g/mol. The van der Waals surface area contributed by atoms with Crippen LogP contribution in [-0.2, 0) is 6.42 Å². The van der Waals surface area contributed by atoms with Gasteiger partial charge in [0.1, 0.15) is 5.75 Å². The first-order chi connectivity index (χ1) is 10.9. The number of guanidine groups is 1. The Morgan fingerprint density at radius 3 is 2.52 bits per heavy atom. The molecule has 2 N–H and O–H groups in total. The number of para-hydroxylation sites is 1. The third-order valence-electron chi connectivity index (χ3n) is 3.58. The maximum Gasteiger partial charge on any atom is 0.191 e. The number of hydrogen-bond donors (Lipinski definition) is 2. The van der Waals surface area contributed by atoms with Gasteiger partial charge in [-0.1, -0.05) is 32.0 Å². The van der Waals surface area contributed by atoms with Gasteiger partial charge >= 0.3 is 0 Å². The molecule has 5 heteroatoms. The van der Waals surface area contributed by atoms with E-state index in [1.165, 1.54) is 5.56 Å². The standard InChI is InChI=1S/C18H32N4O/c1-18(2,14-22(4)5)13-21-17(19-3)20-12-11-15-9-7-8-10-16(15)23-6/h7-10H,11-14H2,1-6H3,(H2,19,20,21). The highest BCUT2D eigenvalue weighted by Crippen LogP contribution is 2.17. The van der Waals surface area contributed by atoms with Crippen molar-refractivity contribution in [3.8, 4) is 5.75 Å². The molecule has 0 saturated carbocycles. The van der Waals surface area contributed by atoms with Crippen LogP contribution in [-0.4, -0.2) is 58.7 Å². The number of nitrogens with one attached hydrogen (secondary N) is 2. The fraction of sp³-hybridized carbons (Fsp3) is 0.611. The van der Waals surface area contributed by atoms with Crippen LogP contribution >= 0.6 is 0 Å². The predicted molar refractivity (Wildman–Crippen MR) is 98.4 cm³/mol. The van der Waals surface area contributed by atoms with E-state index in [9.17, 15) is 0 Å². The van der Waals surface area contributed by atoms with Gasteiger partial charge in [0.2, 0.25) is 0 Å². The molecule has 5 nitrogen and oxygen atoms in total. The molecule has 23 heavy (non-hydrogen) atoms. The average Bonchev–Trinajstić information content (AvgIpc) is 2.49. The highest BCUT2D eigenvalue weighted by molar-refractivity contribution is 5.79. The second kappa shape index (κ2) is 9.40. The van der Waals surface area contributed by atoms with Gasteiger partial charge in [-0.15, -0.1) is 0 Å². The van der Waals surface area contributed by atoms with Crippen molar-refractivity contribution in [2.75, 3.05) is 47.9 Å². The van der Waals surface area contributed by atoms with E-state index in [0.717, 1.165) is 37.8 Å². The zero-order chi connectivity index (χ0) is 17.3.